The topological polar surface area (TPSA) is 68.5 Å². The van der Waals surface area contributed by atoms with Crippen molar-refractivity contribution in [1.29, 1.82) is 0 Å². The van der Waals surface area contributed by atoms with E-state index in [2.05, 4.69) is 15.1 Å². The number of aromatic nitrogens is 2. The number of aryl methyl sites for hydroxylation is 1. The van der Waals surface area contributed by atoms with Crippen LogP contribution >= 0.6 is 0 Å². The normalized spacial score (nSPS) is 20.4. The largest absolute Gasteiger partial charge is 0.469 e. The van der Waals surface area contributed by atoms with Gasteiger partial charge in [-0.2, -0.15) is 0 Å². The first-order chi connectivity index (χ1) is 9.22. The van der Waals surface area contributed by atoms with Crippen LogP contribution in [0.1, 0.15) is 44.4 Å². The fourth-order valence-corrected chi connectivity index (χ4v) is 2.44. The van der Waals surface area contributed by atoms with E-state index in [-0.39, 0.29) is 12.0 Å². The molecule has 1 aromatic heterocycles. The number of carbonyl (C=O) groups is 1. The van der Waals surface area contributed by atoms with Gasteiger partial charge in [0.1, 0.15) is 0 Å². The molecule has 1 aromatic rings. The fraction of sp³-hybridized carbons (Fsp3) is 0.769. The molecule has 1 aliphatic heterocycles. The van der Waals surface area contributed by atoms with E-state index in [4.69, 9.17) is 9.15 Å². The molecule has 1 unspecified atom stereocenters. The van der Waals surface area contributed by atoms with E-state index in [1.807, 2.05) is 6.92 Å². The van der Waals surface area contributed by atoms with E-state index < -0.39 is 0 Å². The third kappa shape index (κ3) is 3.76. The van der Waals surface area contributed by atoms with Gasteiger partial charge in [-0.25, -0.2) is 0 Å². The molecule has 0 aromatic carbocycles. The van der Waals surface area contributed by atoms with Gasteiger partial charge in [0, 0.05) is 12.5 Å². The monoisotopic (exact) mass is 267 g/mol. The molecule has 6 heteroatoms. The van der Waals surface area contributed by atoms with Crippen LogP contribution in [0.2, 0.25) is 0 Å². The number of hydrogen-bond acceptors (Lipinski definition) is 6. The van der Waals surface area contributed by atoms with Crippen molar-refractivity contribution in [2.45, 2.75) is 51.6 Å². The molecule has 0 amide bonds. The second-order valence-corrected chi connectivity index (χ2v) is 4.84. The SMILES string of the molecule is CCc1nnc(CN2CCCCC2CC(=O)OC)o1. The minimum absolute atomic E-state index is 0.156. The molecule has 0 radical (unpaired) electrons. The smallest absolute Gasteiger partial charge is 0.307 e. The summed E-state index contributed by atoms with van der Waals surface area (Å²) in [5.41, 5.74) is 0. The number of ether oxygens (including phenoxy) is 1. The van der Waals surface area contributed by atoms with Crippen LogP contribution in [-0.2, 0) is 22.5 Å². The Balaban J connectivity index is 1.96. The highest BCUT2D eigenvalue weighted by Crippen LogP contribution is 2.22. The Hall–Kier alpha value is -1.43. The summed E-state index contributed by atoms with van der Waals surface area (Å²) in [7, 11) is 1.43. The molecule has 2 heterocycles. The quantitative estimate of drug-likeness (QED) is 0.754. The molecule has 1 saturated heterocycles. The van der Waals surface area contributed by atoms with Crippen molar-refractivity contribution in [1.82, 2.24) is 15.1 Å². The molecular formula is C13H21N3O3. The fourth-order valence-electron chi connectivity index (χ4n) is 2.44. The van der Waals surface area contributed by atoms with Crippen LogP contribution in [0.5, 0.6) is 0 Å². The average molecular weight is 267 g/mol. The summed E-state index contributed by atoms with van der Waals surface area (Å²) in [6.45, 7) is 3.57. The van der Waals surface area contributed by atoms with Gasteiger partial charge in [0.2, 0.25) is 11.8 Å². The van der Waals surface area contributed by atoms with Gasteiger partial charge in [-0.3, -0.25) is 9.69 Å². The summed E-state index contributed by atoms with van der Waals surface area (Å²) in [6, 6.07) is 0.221. The van der Waals surface area contributed by atoms with Crippen molar-refractivity contribution in [3.05, 3.63) is 11.8 Å². The van der Waals surface area contributed by atoms with Crippen LogP contribution in [0.25, 0.3) is 0 Å². The number of methoxy groups -OCH3 is 1. The number of likely N-dealkylation sites (tertiary alicyclic amines) is 1. The number of nitrogens with zero attached hydrogens (tertiary/aromatic N) is 3. The van der Waals surface area contributed by atoms with E-state index in [0.717, 1.165) is 32.2 Å². The molecule has 0 saturated carbocycles. The molecule has 106 valence electrons. The predicted molar refractivity (Wildman–Crippen MR) is 68.4 cm³/mol. The second kappa shape index (κ2) is 6.65. The molecule has 1 aliphatic rings. The third-order valence-corrected chi connectivity index (χ3v) is 3.53. The van der Waals surface area contributed by atoms with E-state index >= 15 is 0 Å². The van der Waals surface area contributed by atoms with Crippen molar-refractivity contribution in [3.63, 3.8) is 0 Å². The maximum absolute atomic E-state index is 11.4. The molecule has 1 atom stereocenters. The maximum atomic E-state index is 11.4. The zero-order valence-corrected chi connectivity index (χ0v) is 11.6. The van der Waals surface area contributed by atoms with Gasteiger partial charge < -0.3 is 9.15 Å². The number of carbonyl (C=O) groups excluding carboxylic acids is 1. The van der Waals surface area contributed by atoms with Gasteiger partial charge in [-0.05, 0) is 19.4 Å². The van der Waals surface area contributed by atoms with Gasteiger partial charge in [0.25, 0.3) is 0 Å². The molecular weight excluding hydrogens is 246 g/mol. The summed E-state index contributed by atoms with van der Waals surface area (Å²) in [5.74, 6) is 1.14. The number of hydrogen-bond donors (Lipinski definition) is 0. The molecule has 1 fully saturated rings. The van der Waals surface area contributed by atoms with Crippen molar-refractivity contribution < 1.29 is 13.9 Å². The van der Waals surface area contributed by atoms with Crippen LogP contribution in [0.3, 0.4) is 0 Å². The lowest BCUT2D eigenvalue weighted by atomic mass is 9.99. The van der Waals surface area contributed by atoms with Gasteiger partial charge >= 0.3 is 5.97 Å². The average Bonchev–Trinajstić information content (AvgIpc) is 2.88. The van der Waals surface area contributed by atoms with Gasteiger partial charge in [0.05, 0.1) is 20.1 Å². The number of piperidine rings is 1. The summed E-state index contributed by atoms with van der Waals surface area (Å²) in [6.07, 6.45) is 4.50. The molecule has 0 N–H and O–H groups in total. The zero-order chi connectivity index (χ0) is 13.7. The van der Waals surface area contributed by atoms with Crippen LogP contribution < -0.4 is 0 Å². The second-order valence-electron chi connectivity index (χ2n) is 4.84. The van der Waals surface area contributed by atoms with Crippen LogP contribution in [0.4, 0.5) is 0 Å². The minimum Gasteiger partial charge on any atom is -0.469 e. The van der Waals surface area contributed by atoms with Crippen molar-refractivity contribution >= 4 is 5.97 Å². The summed E-state index contributed by atoms with van der Waals surface area (Å²) >= 11 is 0. The Morgan fingerprint density at radius 2 is 2.21 bits per heavy atom. The molecule has 0 bridgehead atoms. The van der Waals surface area contributed by atoms with E-state index in [0.29, 0.717) is 24.7 Å². The summed E-state index contributed by atoms with van der Waals surface area (Å²) in [4.78, 5) is 13.7. The Morgan fingerprint density at radius 3 is 2.89 bits per heavy atom. The van der Waals surface area contributed by atoms with Gasteiger partial charge in [-0.1, -0.05) is 13.3 Å². The van der Waals surface area contributed by atoms with E-state index in [1.165, 1.54) is 7.11 Å². The highest BCUT2D eigenvalue weighted by Gasteiger charge is 2.26. The van der Waals surface area contributed by atoms with Gasteiger partial charge in [0.15, 0.2) is 0 Å². The maximum Gasteiger partial charge on any atom is 0.307 e. The Bertz CT molecular complexity index is 419. The Kier molecular flexibility index (Phi) is 4.90. The van der Waals surface area contributed by atoms with Crippen molar-refractivity contribution in [2.75, 3.05) is 13.7 Å². The van der Waals surface area contributed by atoms with Crippen molar-refractivity contribution in [2.24, 2.45) is 0 Å². The number of esters is 1. The standard InChI is InChI=1S/C13H21N3O3/c1-3-11-14-15-12(19-11)9-16-7-5-4-6-10(16)8-13(17)18-2/h10H,3-9H2,1-2H3. The van der Waals surface area contributed by atoms with E-state index in [9.17, 15) is 4.79 Å². The molecule has 19 heavy (non-hydrogen) atoms. The summed E-state index contributed by atoms with van der Waals surface area (Å²) in [5, 5.41) is 8.01. The lowest BCUT2D eigenvalue weighted by Gasteiger charge is -2.33. The lowest BCUT2D eigenvalue weighted by Crippen LogP contribution is -2.40. The van der Waals surface area contributed by atoms with Crippen LogP contribution in [0, 0.1) is 0 Å². The highest BCUT2D eigenvalue weighted by molar-refractivity contribution is 5.69. The lowest BCUT2D eigenvalue weighted by molar-refractivity contribution is -0.142. The molecule has 2 rings (SSSR count). The molecule has 0 aliphatic carbocycles. The highest BCUT2D eigenvalue weighted by atomic mass is 16.5. The Morgan fingerprint density at radius 1 is 1.42 bits per heavy atom. The van der Waals surface area contributed by atoms with Crippen LogP contribution in [-0.4, -0.2) is 40.8 Å². The molecule has 0 spiro atoms. The zero-order valence-electron chi connectivity index (χ0n) is 11.6. The van der Waals surface area contributed by atoms with E-state index in [1.54, 1.807) is 0 Å². The van der Waals surface area contributed by atoms with Crippen molar-refractivity contribution in [3.8, 4) is 0 Å². The predicted octanol–water partition coefficient (Wildman–Crippen LogP) is 1.55. The van der Waals surface area contributed by atoms with Gasteiger partial charge in [-0.15, -0.1) is 10.2 Å². The Labute approximate surface area is 113 Å². The first-order valence-corrected chi connectivity index (χ1v) is 6.85. The minimum atomic E-state index is -0.156. The number of rotatable bonds is 5. The first kappa shape index (κ1) is 14.0. The third-order valence-electron chi connectivity index (χ3n) is 3.53. The first-order valence-electron chi connectivity index (χ1n) is 6.85. The molecule has 6 nitrogen and oxygen atoms in total. The van der Waals surface area contributed by atoms with Crippen LogP contribution in [0.15, 0.2) is 4.42 Å². The summed E-state index contributed by atoms with van der Waals surface area (Å²) < 4.78 is 10.3.